The van der Waals surface area contributed by atoms with Gasteiger partial charge in [-0.15, -0.1) is 3.89 Å². The van der Waals surface area contributed by atoms with E-state index in [0.29, 0.717) is 0 Å². The zero-order chi connectivity index (χ0) is 15.6. The molecule has 0 aliphatic carbocycles. The molecular weight excluding hydrogens is 309 g/mol. The highest BCUT2D eigenvalue weighted by Gasteiger charge is 2.27. The van der Waals surface area contributed by atoms with Crippen LogP contribution in [0.2, 0.25) is 0 Å². The van der Waals surface area contributed by atoms with E-state index in [1.807, 2.05) is 0 Å². The first-order valence-electron chi connectivity index (χ1n) is 5.56. The predicted molar refractivity (Wildman–Crippen MR) is 71.0 cm³/mol. The van der Waals surface area contributed by atoms with Gasteiger partial charge in [0.2, 0.25) is 10.0 Å². The summed E-state index contributed by atoms with van der Waals surface area (Å²) in [6, 6.07) is 4.08. The van der Waals surface area contributed by atoms with Crippen LogP contribution in [0.3, 0.4) is 0 Å². The molecule has 0 spiro atoms. The first-order valence-corrected chi connectivity index (χ1v) is 8.42. The fraction of sp³-hybridized carbons (Fsp3) is 0.455. The third-order valence-corrected chi connectivity index (χ3v) is 4.83. The molecule has 0 heterocycles. The van der Waals surface area contributed by atoms with Gasteiger partial charge in [0.25, 0.3) is 0 Å². The monoisotopic (exact) mass is 325 g/mol. The molecule has 1 N–H and O–H groups in total. The number of ether oxygens (including phenoxy) is 1. The number of methoxy groups -OCH3 is 1. The van der Waals surface area contributed by atoms with Gasteiger partial charge in [-0.05, 0) is 32.0 Å². The quantitative estimate of drug-likeness (QED) is 0.790. The second-order valence-corrected chi connectivity index (χ2v) is 7.86. The Labute approximate surface area is 118 Å². The van der Waals surface area contributed by atoms with Crippen LogP contribution in [0.1, 0.15) is 13.8 Å². The number of halogens is 1. The van der Waals surface area contributed by atoms with E-state index >= 15 is 0 Å². The standard InChI is InChI=1S/C11H16FNO5S2/c1-11(2,8-18-3)13-20(16,17)10-6-4-5-9(7-10)19(12,14)15/h4-7,13H,8H2,1-3H3. The summed E-state index contributed by atoms with van der Waals surface area (Å²) in [5.41, 5.74) is -0.891. The van der Waals surface area contributed by atoms with E-state index in [2.05, 4.69) is 4.72 Å². The van der Waals surface area contributed by atoms with Crippen LogP contribution in [0, 0.1) is 0 Å². The minimum absolute atomic E-state index is 0.118. The van der Waals surface area contributed by atoms with Crippen LogP contribution >= 0.6 is 0 Å². The van der Waals surface area contributed by atoms with Gasteiger partial charge in [-0.1, -0.05) is 6.07 Å². The first kappa shape index (κ1) is 17.0. The van der Waals surface area contributed by atoms with Crippen molar-refractivity contribution in [2.75, 3.05) is 13.7 Å². The van der Waals surface area contributed by atoms with E-state index < -0.39 is 30.7 Å². The van der Waals surface area contributed by atoms with E-state index in [9.17, 15) is 20.7 Å². The normalized spacial score (nSPS) is 13.4. The topological polar surface area (TPSA) is 89.5 Å². The zero-order valence-corrected chi connectivity index (χ0v) is 12.9. The van der Waals surface area contributed by atoms with Crippen molar-refractivity contribution in [2.45, 2.75) is 29.2 Å². The lowest BCUT2D eigenvalue weighted by molar-refractivity contribution is 0.141. The van der Waals surface area contributed by atoms with Crippen molar-refractivity contribution in [2.24, 2.45) is 0 Å². The van der Waals surface area contributed by atoms with Crippen molar-refractivity contribution in [1.29, 1.82) is 0 Å². The van der Waals surface area contributed by atoms with E-state index in [1.165, 1.54) is 13.2 Å². The fourth-order valence-corrected chi connectivity index (χ4v) is 3.63. The van der Waals surface area contributed by atoms with Crippen molar-refractivity contribution < 1.29 is 25.5 Å². The lowest BCUT2D eigenvalue weighted by atomic mass is 10.1. The summed E-state index contributed by atoms with van der Waals surface area (Å²) in [5, 5.41) is 0. The summed E-state index contributed by atoms with van der Waals surface area (Å²) in [6.07, 6.45) is 0. The molecule has 0 bridgehead atoms. The van der Waals surface area contributed by atoms with Crippen molar-refractivity contribution in [1.82, 2.24) is 4.72 Å². The molecule has 9 heteroatoms. The molecule has 0 saturated heterocycles. The summed E-state index contributed by atoms with van der Waals surface area (Å²) in [7, 11) is -7.52. The average molecular weight is 325 g/mol. The lowest BCUT2D eigenvalue weighted by Crippen LogP contribution is -2.46. The van der Waals surface area contributed by atoms with Crippen molar-refractivity contribution >= 4 is 20.2 Å². The molecule has 114 valence electrons. The number of sulfonamides is 1. The van der Waals surface area contributed by atoms with Crippen LogP contribution < -0.4 is 4.72 Å². The molecule has 20 heavy (non-hydrogen) atoms. The van der Waals surface area contributed by atoms with Crippen LogP contribution in [0.15, 0.2) is 34.1 Å². The summed E-state index contributed by atoms with van der Waals surface area (Å²) < 4.78 is 66.0. The summed E-state index contributed by atoms with van der Waals surface area (Å²) in [5.74, 6) is 0. The molecule has 0 fully saturated rings. The molecule has 0 aromatic heterocycles. The predicted octanol–water partition coefficient (Wildman–Crippen LogP) is 1.05. The van der Waals surface area contributed by atoms with Gasteiger partial charge in [0, 0.05) is 7.11 Å². The molecule has 1 aromatic carbocycles. The Morgan fingerprint density at radius 3 is 2.25 bits per heavy atom. The van der Waals surface area contributed by atoms with Crippen LogP contribution in [0.5, 0.6) is 0 Å². The third-order valence-electron chi connectivity index (χ3n) is 2.31. The lowest BCUT2D eigenvalue weighted by Gasteiger charge is -2.24. The molecule has 1 rings (SSSR count). The van der Waals surface area contributed by atoms with Crippen LogP contribution in [-0.2, 0) is 25.0 Å². The van der Waals surface area contributed by atoms with Gasteiger partial charge >= 0.3 is 10.2 Å². The van der Waals surface area contributed by atoms with E-state index in [4.69, 9.17) is 4.74 Å². The Balaban J connectivity index is 3.17. The molecule has 0 unspecified atom stereocenters. The highest BCUT2D eigenvalue weighted by molar-refractivity contribution is 7.89. The smallest absolute Gasteiger partial charge is 0.332 e. The SMILES string of the molecule is COCC(C)(C)NS(=O)(=O)c1cccc(S(=O)(=O)F)c1. The molecule has 0 radical (unpaired) electrons. The fourth-order valence-electron chi connectivity index (χ4n) is 1.61. The molecule has 1 aromatic rings. The van der Waals surface area contributed by atoms with Crippen molar-refractivity contribution in [3.63, 3.8) is 0 Å². The highest BCUT2D eigenvalue weighted by atomic mass is 32.3. The Kier molecular flexibility index (Phi) is 4.90. The number of benzene rings is 1. The van der Waals surface area contributed by atoms with E-state index in [1.54, 1.807) is 13.8 Å². The van der Waals surface area contributed by atoms with Gasteiger partial charge in [-0.25, -0.2) is 13.1 Å². The maximum absolute atomic E-state index is 12.9. The number of hydrogen-bond acceptors (Lipinski definition) is 5. The van der Waals surface area contributed by atoms with Crippen molar-refractivity contribution in [3.8, 4) is 0 Å². The third kappa shape index (κ3) is 4.51. The summed E-state index contributed by atoms with van der Waals surface area (Å²) in [6.45, 7) is 3.32. The maximum atomic E-state index is 12.9. The van der Waals surface area contributed by atoms with Crippen LogP contribution in [0.4, 0.5) is 3.89 Å². The highest BCUT2D eigenvalue weighted by Crippen LogP contribution is 2.19. The molecule has 0 saturated carbocycles. The molecule has 6 nitrogen and oxygen atoms in total. The Hall–Kier alpha value is -1.03. The van der Waals surface area contributed by atoms with E-state index in [0.717, 1.165) is 18.2 Å². The second kappa shape index (κ2) is 5.76. The number of rotatable bonds is 6. The maximum Gasteiger partial charge on any atom is 0.332 e. The first-order chi connectivity index (χ1) is 8.98. The molecule has 0 amide bonds. The summed E-state index contributed by atoms with van der Waals surface area (Å²) >= 11 is 0. The number of hydrogen-bond donors (Lipinski definition) is 1. The van der Waals surface area contributed by atoms with Crippen molar-refractivity contribution in [3.05, 3.63) is 24.3 Å². The molecule has 0 aliphatic heterocycles. The van der Waals surface area contributed by atoms with Gasteiger partial charge < -0.3 is 4.74 Å². The second-order valence-electron chi connectivity index (χ2n) is 4.84. The molecule has 0 aliphatic rings. The van der Waals surface area contributed by atoms with Crippen LogP contribution in [0.25, 0.3) is 0 Å². The van der Waals surface area contributed by atoms with Gasteiger partial charge in [-0.2, -0.15) is 8.42 Å². The van der Waals surface area contributed by atoms with Gasteiger partial charge in [0.1, 0.15) is 0 Å². The van der Waals surface area contributed by atoms with Gasteiger partial charge in [-0.3, -0.25) is 0 Å². The summed E-state index contributed by atoms with van der Waals surface area (Å²) in [4.78, 5) is -1.04. The zero-order valence-electron chi connectivity index (χ0n) is 11.3. The largest absolute Gasteiger partial charge is 0.383 e. The Morgan fingerprint density at radius 2 is 1.75 bits per heavy atom. The molecular formula is C11H16FNO5S2. The van der Waals surface area contributed by atoms with Gasteiger partial charge in [0.05, 0.1) is 21.9 Å². The minimum Gasteiger partial charge on any atom is -0.383 e. The van der Waals surface area contributed by atoms with Gasteiger partial charge in [0.15, 0.2) is 0 Å². The molecule has 0 atom stereocenters. The van der Waals surface area contributed by atoms with E-state index in [-0.39, 0.29) is 11.5 Å². The Bertz CT molecular complexity index is 683. The van der Waals surface area contributed by atoms with Crippen LogP contribution in [-0.4, -0.2) is 36.1 Å². The number of nitrogens with one attached hydrogen (secondary N) is 1. The average Bonchev–Trinajstić information content (AvgIpc) is 2.26. The minimum atomic E-state index is -4.96. The Morgan fingerprint density at radius 1 is 1.20 bits per heavy atom.